The fourth-order valence-corrected chi connectivity index (χ4v) is 7.14. The summed E-state index contributed by atoms with van der Waals surface area (Å²) in [5, 5.41) is 6.06. The lowest BCUT2D eigenvalue weighted by atomic mass is 9.62. The van der Waals surface area contributed by atoms with Gasteiger partial charge in [0.1, 0.15) is 29.7 Å². The number of aromatic nitrogens is 2. The van der Waals surface area contributed by atoms with Gasteiger partial charge in [-0.05, 0) is 87.0 Å². The number of hydrogen-bond donors (Lipinski definition) is 2. The number of halogens is 3. The van der Waals surface area contributed by atoms with E-state index >= 15 is 0 Å². The van der Waals surface area contributed by atoms with Crippen LogP contribution in [0.4, 0.5) is 19.0 Å². The van der Waals surface area contributed by atoms with E-state index in [1.54, 1.807) is 0 Å². The molecule has 1 amide bonds. The van der Waals surface area contributed by atoms with Crippen molar-refractivity contribution in [2.75, 3.05) is 18.5 Å². The third kappa shape index (κ3) is 4.18. The third-order valence-electron chi connectivity index (χ3n) is 8.59. The molecule has 6 rings (SSSR count). The Bertz CT molecular complexity index is 1450. The Hall–Kier alpha value is -3.36. The summed E-state index contributed by atoms with van der Waals surface area (Å²) >= 11 is 0. The number of anilines is 1. The maximum atomic E-state index is 14.9. The van der Waals surface area contributed by atoms with Gasteiger partial charge in [-0.25, -0.2) is 18.2 Å². The van der Waals surface area contributed by atoms with Crippen LogP contribution in [0.25, 0.3) is 16.7 Å². The van der Waals surface area contributed by atoms with Crippen molar-refractivity contribution in [3.63, 3.8) is 0 Å². The number of rotatable bonds is 6. The number of benzene rings is 1. The molecule has 3 fully saturated rings. The van der Waals surface area contributed by atoms with Gasteiger partial charge in [0.25, 0.3) is 5.91 Å². The Morgan fingerprint density at radius 2 is 1.97 bits per heavy atom. The van der Waals surface area contributed by atoms with Gasteiger partial charge < -0.3 is 10.6 Å². The highest BCUT2D eigenvalue weighted by molar-refractivity contribution is 5.97. The number of amides is 1. The maximum Gasteiger partial charge on any atom is 0.257 e. The molecule has 3 aliphatic carbocycles. The molecular weight excluding hydrogens is 481 g/mol. The molecule has 194 valence electrons. The minimum atomic E-state index is -0.869. The molecule has 3 aromatic rings. The quantitative estimate of drug-likeness (QED) is 0.490. The fraction of sp³-hybridized carbons (Fsp3) is 0.464. The highest BCUT2D eigenvalue weighted by Crippen LogP contribution is 2.60. The van der Waals surface area contributed by atoms with Crippen molar-refractivity contribution < 1.29 is 18.0 Å². The number of fused-ring (bicyclic) bond motifs is 2. The molecule has 5 unspecified atom stereocenters. The number of carbonyl (C=O) groups is 1. The van der Waals surface area contributed by atoms with Crippen LogP contribution < -0.4 is 16.1 Å². The van der Waals surface area contributed by atoms with Crippen LogP contribution in [0.5, 0.6) is 0 Å². The second-order valence-electron chi connectivity index (χ2n) is 11.2. The summed E-state index contributed by atoms with van der Waals surface area (Å²) in [6.07, 6.45) is 6.68. The van der Waals surface area contributed by atoms with Crippen molar-refractivity contribution in [2.45, 2.75) is 44.6 Å². The van der Waals surface area contributed by atoms with E-state index in [1.165, 1.54) is 48.2 Å². The minimum absolute atomic E-state index is 0.0102. The van der Waals surface area contributed by atoms with Crippen LogP contribution in [-0.2, 0) is 0 Å². The molecule has 5 atom stereocenters. The van der Waals surface area contributed by atoms with Crippen LogP contribution in [0.15, 0.2) is 41.3 Å². The lowest BCUT2D eigenvalue weighted by molar-refractivity contribution is 0.0570. The van der Waals surface area contributed by atoms with Crippen LogP contribution in [0.2, 0.25) is 0 Å². The summed E-state index contributed by atoms with van der Waals surface area (Å²) in [5.74, 6) is 0.928. The number of alkyl halides is 1. The molecule has 0 saturated heterocycles. The Balaban J connectivity index is 1.42. The molecule has 37 heavy (non-hydrogen) atoms. The highest BCUT2D eigenvalue weighted by Gasteiger charge is 2.53. The molecule has 1 aromatic carbocycles. The second-order valence-corrected chi connectivity index (χ2v) is 11.2. The van der Waals surface area contributed by atoms with E-state index in [2.05, 4.69) is 22.5 Å². The second kappa shape index (κ2) is 8.89. The Morgan fingerprint density at radius 3 is 2.76 bits per heavy atom. The van der Waals surface area contributed by atoms with E-state index in [9.17, 15) is 22.8 Å². The smallest absolute Gasteiger partial charge is 0.257 e. The minimum Gasteiger partial charge on any atom is -0.367 e. The number of pyridine rings is 2. The van der Waals surface area contributed by atoms with Crippen molar-refractivity contribution >= 4 is 22.8 Å². The lowest BCUT2D eigenvalue weighted by Gasteiger charge is -2.46. The van der Waals surface area contributed by atoms with Crippen molar-refractivity contribution in [1.82, 2.24) is 14.9 Å². The standard InChI is InChI=1S/C28H29F3N4O2/c1-28(12-15-8-16-10-17(13-28)20(16)9-15)34-27(37)21-14-35(23-4-2-18(30)11-22(23)31)26-19(25(21)36)3-5-24(33-26)32-7-6-29/h2-5,11,14-17,20H,6-10,12-13H2,1H3,(H,32,33)(H,34,37). The first-order valence-electron chi connectivity index (χ1n) is 12.9. The van der Waals surface area contributed by atoms with E-state index < -0.39 is 35.2 Å². The number of carbonyl (C=O) groups excluding carboxylic acids is 1. The van der Waals surface area contributed by atoms with E-state index in [1.807, 2.05) is 0 Å². The monoisotopic (exact) mass is 510 g/mol. The van der Waals surface area contributed by atoms with Crippen LogP contribution in [0, 0.1) is 35.3 Å². The third-order valence-corrected chi connectivity index (χ3v) is 8.59. The SMILES string of the molecule is CC1(NC(=O)c2cn(-c3ccc(F)cc3F)c3nc(NCCF)ccc3c2=O)CC2CC3CC(C1)C3C2. The summed E-state index contributed by atoms with van der Waals surface area (Å²) < 4.78 is 42.5. The summed E-state index contributed by atoms with van der Waals surface area (Å²) in [4.78, 5) is 31.5. The van der Waals surface area contributed by atoms with Crippen LogP contribution in [0.1, 0.15) is 49.4 Å². The molecular formula is C28H29F3N4O2. The summed E-state index contributed by atoms with van der Waals surface area (Å²) in [6, 6.07) is 6.07. The van der Waals surface area contributed by atoms with Gasteiger partial charge in [0, 0.05) is 24.3 Å². The molecule has 2 N–H and O–H groups in total. The van der Waals surface area contributed by atoms with E-state index in [4.69, 9.17) is 0 Å². The molecule has 9 heteroatoms. The topological polar surface area (TPSA) is 76.0 Å². The predicted octanol–water partition coefficient (Wildman–Crippen LogP) is 4.99. The van der Waals surface area contributed by atoms with Gasteiger partial charge in [-0.15, -0.1) is 0 Å². The molecule has 6 nitrogen and oxygen atoms in total. The Kier molecular flexibility index (Phi) is 5.76. The fourth-order valence-electron chi connectivity index (χ4n) is 7.14. The molecule has 3 aliphatic rings. The average Bonchev–Trinajstić information content (AvgIpc) is 3.11. The maximum absolute atomic E-state index is 14.9. The molecule has 0 radical (unpaired) electrons. The van der Waals surface area contributed by atoms with Crippen molar-refractivity contribution in [2.24, 2.45) is 23.7 Å². The zero-order chi connectivity index (χ0) is 25.9. The number of nitrogens with one attached hydrogen (secondary N) is 2. The molecule has 2 bridgehead atoms. The Morgan fingerprint density at radius 1 is 1.14 bits per heavy atom. The van der Waals surface area contributed by atoms with Crippen LogP contribution in [0.3, 0.4) is 0 Å². The first kappa shape index (κ1) is 24.0. The largest absolute Gasteiger partial charge is 0.367 e. The average molecular weight is 511 g/mol. The normalized spacial score (nSPS) is 28.0. The van der Waals surface area contributed by atoms with Gasteiger partial charge in [0.15, 0.2) is 5.65 Å². The number of hydrogen-bond acceptors (Lipinski definition) is 4. The summed E-state index contributed by atoms with van der Waals surface area (Å²) in [7, 11) is 0. The molecule has 0 aliphatic heterocycles. The van der Waals surface area contributed by atoms with E-state index in [0.29, 0.717) is 11.8 Å². The van der Waals surface area contributed by atoms with Gasteiger partial charge in [0.05, 0.1) is 11.1 Å². The van der Waals surface area contributed by atoms with Crippen molar-refractivity contribution in [3.05, 3.63) is 63.9 Å². The predicted molar refractivity (Wildman–Crippen MR) is 135 cm³/mol. The number of nitrogens with zero attached hydrogens (tertiary/aromatic N) is 2. The highest BCUT2D eigenvalue weighted by atomic mass is 19.1. The first-order chi connectivity index (χ1) is 17.7. The van der Waals surface area contributed by atoms with Crippen molar-refractivity contribution in [3.8, 4) is 5.69 Å². The summed E-state index contributed by atoms with van der Waals surface area (Å²) in [6.45, 7) is 1.44. The van der Waals surface area contributed by atoms with Gasteiger partial charge in [0.2, 0.25) is 5.43 Å². The molecule has 2 heterocycles. The van der Waals surface area contributed by atoms with Crippen molar-refractivity contribution in [1.29, 1.82) is 0 Å². The molecule has 2 aromatic heterocycles. The summed E-state index contributed by atoms with van der Waals surface area (Å²) in [5.41, 5.74) is -1.08. The van der Waals surface area contributed by atoms with Gasteiger partial charge in [-0.1, -0.05) is 0 Å². The molecule has 3 saturated carbocycles. The van der Waals surface area contributed by atoms with E-state index in [0.717, 1.165) is 36.8 Å². The van der Waals surface area contributed by atoms with Gasteiger partial charge in [-0.2, -0.15) is 0 Å². The zero-order valence-electron chi connectivity index (χ0n) is 20.6. The zero-order valence-corrected chi connectivity index (χ0v) is 20.6. The van der Waals surface area contributed by atoms with Gasteiger partial charge >= 0.3 is 0 Å². The van der Waals surface area contributed by atoms with Gasteiger partial charge in [-0.3, -0.25) is 14.2 Å². The Labute approximate surface area is 212 Å². The first-order valence-corrected chi connectivity index (χ1v) is 12.9. The van der Waals surface area contributed by atoms with Crippen LogP contribution >= 0.6 is 0 Å². The van der Waals surface area contributed by atoms with E-state index in [-0.39, 0.29) is 34.6 Å². The molecule has 0 spiro atoms. The lowest BCUT2D eigenvalue weighted by Crippen LogP contribution is -2.51. The van der Waals surface area contributed by atoms with Crippen LogP contribution in [-0.4, -0.2) is 34.2 Å².